The molecule has 51 heavy (non-hydrogen) atoms. The molecule has 3 unspecified atom stereocenters. The molecule has 0 aromatic rings. The van der Waals surface area contributed by atoms with Gasteiger partial charge < -0.3 is 20.6 Å². The van der Waals surface area contributed by atoms with Crippen molar-refractivity contribution in [1.82, 2.24) is 5.32 Å². The highest BCUT2D eigenvalue weighted by Crippen LogP contribution is 2.16. The first-order chi connectivity index (χ1) is 25.1. The highest BCUT2D eigenvalue weighted by molar-refractivity contribution is 5.76. The summed E-state index contributed by atoms with van der Waals surface area (Å²) >= 11 is 0. The normalized spacial score (nSPS) is 13.7. The molecule has 4 N–H and O–H groups in total. The Morgan fingerprint density at radius 1 is 0.471 bits per heavy atom. The second-order valence-corrected chi connectivity index (χ2v) is 15.6. The van der Waals surface area contributed by atoms with Crippen LogP contribution in [0.15, 0.2) is 24.3 Å². The minimum Gasteiger partial charge on any atom is -0.394 e. The molecular formula is C46H89NO4. The summed E-state index contributed by atoms with van der Waals surface area (Å²) < 4.78 is 0. The van der Waals surface area contributed by atoms with Crippen LogP contribution < -0.4 is 5.32 Å². The Bertz CT molecular complexity index is 754. The number of rotatable bonds is 41. The average molecular weight is 720 g/mol. The number of aliphatic hydroxyl groups is 3. The van der Waals surface area contributed by atoms with Crippen LogP contribution in [0, 0.1) is 0 Å². The van der Waals surface area contributed by atoms with Crippen LogP contribution in [0.4, 0.5) is 0 Å². The van der Waals surface area contributed by atoms with Gasteiger partial charge in [0.15, 0.2) is 0 Å². The molecule has 0 aliphatic carbocycles. The Hall–Kier alpha value is -1.17. The van der Waals surface area contributed by atoms with E-state index in [0.29, 0.717) is 12.8 Å². The number of unbranched alkanes of at least 4 members (excludes halogenated alkanes) is 29. The fourth-order valence-electron chi connectivity index (χ4n) is 7.00. The van der Waals surface area contributed by atoms with Crippen molar-refractivity contribution < 1.29 is 20.1 Å². The number of hydrogen-bond acceptors (Lipinski definition) is 4. The van der Waals surface area contributed by atoms with Gasteiger partial charge >= 0.3 is 0 Å². The van der Waals surface area contributed by atoms with Crippen molar-refractivity contribution in [1.29, 1.82) is 0 Å². The first kappa shape index (κ1) is 49.8. The number of nitrogens with one attached hydrogen (secondary N) is 1. The number of carbonyl (C=O) groups is 1. The fourth-order valence-corrected chi connectivity index (χ4v) is 7.00. The third kappa shape index (κ3) is 37.0. The largest absolute Gasteiger partial charge is 0.394 e. The Kier molecular flexibility index (Phi) is 40.6. The predicted octanol–water partition coefficient (Wildman–Crippen LogP) is 13.0. The molecule has 1 amide bonds. The lowest BCUT2D eigenvalue weighted by atomic mass is 10.0. The summed E-state index contributed by atoms with van der Waals surface area (Å²) in [7, 11) is 0. The van der Waals surface area contributed by atoms with Crippen molar-refractivity contribution in [3.63, 3.8) is 0 Å². The third-order valence-corrected chi connectivity index (χ3v) is 10.5. The van der Waals surface area contributed by atoms with E-state index in [-0.39, 0.29) is 12.5 Å². The second-order valence-electron chi connectivity index (χ2n) is 15.6. The van der Waals surface area contributed by atoms with Crippen LogP contribution in [0.25, 0.3) is 0 Å². The molecule has 0 aliphatic rings. The summed E-state index contributed by atoms with van der Waals surface area (Å²) in [6.45, 7) is 4.16. The van der Waals surface area contributed by atoms with Gasteiger partial charge in [-0.1, -0.05) is 205 Å². The lowest BCUT2D eigenvalue weighted by molar-refractivity contribution is -0.124. The SMILES string of the molecule is CCCCCCC/C=C/CC/C=C/CCCC(O)C(O)C(CO)NC(=O)CCCCCCCCCCCCCCCCCCCCCCCCC. The molecular weight excluding hydrogens is 631 g/mol. The minimum absolute atomic E-state index is 0.155. The van der Waals surface area contributed by atoms with E-state index in [2.05, 4.69) is 43.5 Å². The molecule has 302 valence electrons. The number of hydrogen-bond donors (Lipinski definition) is 4. The summed E-state index contributed by atoms with van der Waals surface area (Å²) in [5.74, 6) is -0.155. The van der Waals surface area contributed by atoms with Crippen molar-refractivity contribution in [3.05, 3.63) is 24.3 Å². The second kappa shape index (κ2) is 41.6. The van der Waals surface area contributed by atoms with Gasteiger partial charge in [-0.2, -0.15) is 0 Å². The zero-order chi connectivity index (χ0) is 37.3. The average Bonchev–Trinajstić information content (AvgIpc) is 3.13. The van der Waals surface area contributed by atoms with E-state index in [9.17, 15) is 20.1 Å². The monoisotopic (exact) mass is 720 g/mol. The standard InChI is InChI=1S/C46H89NO4/c1-3-5-7-9-11-13-15-17-19-20-21-22-23-24-25-26-27-29-31-33-35-37-39-41-45(50)47-43(42-48)46(51)44(49)40-38-36-34-32-30-28-18-16-14-12-10-8-6-4-2/h16,18,32,34,43-44,46,48-49,51H,3-15,17,19-31,33,35-42H2,1-2H3,(H,47,50)/b18-16+,34-32+. The minimum atomic E-state index is -1.16. The first-order valence-electron chi connectivity index (χ1n) is 22.6. The maximum atomic E-state index is 12.4. The van der Waals surface area contributed by atoms with Gasteiger partial charge in [0.05, 0.1) is 18.8 Å². The summed E-state index contributed by atoms with van der Waals surface area (Å²) in [4.78, 5) is 12.4. The van der Waals surface area contributed by atoms with Crippen LogP contribution in [0.1, 0.15) is 239 Å². The van der Waals surface area contributed by atoms with Crippen molar-refractivity contribution in [2.24, 2.45) is 0 Å². The van der Waals surface area contributed by atoms with Gasteiger partial charge in [-0.15, -0.1) is 0 Å². The third-order valence-electron chi connectivity index (χ3n) is 10.5. The Balaban J connectivity index is 3.60. The van der Waals surface area contributed by atoms with E-state index >= 15 is 0 Å². The summed E-state index contributed by atoms with van der Waals surface area (Å²) in [5, 5.41) is 33.5. The maximum absolute atomic E-state index is 12.4. The molecule has 0 aliphatic heterocycles. The molecule has 5 nitrogen and oxygen atoms in total. The van der Waals surface area contributed by atoms with Crippen LogP contribution in [-0.2, 0) is 4.79 Å². The number of amides is 1. The van der Waals surface area contributed by atoms with E-state index in [1.165, 1.54) is 167 Å². The molecule has 0 radical (unpaired) electrons. The summed E-state index contributed by atoms with van der Waals surface area (Å²) in [6, 6.07) is -0.828. The Morgan fingerprint density at radius 2 is 0.804 bits per heavy atom. The smallest absolute Gasteiger partial charge is 0.220 e. The summed E-state index contributed by atoms with van der Waals surface area (Å²) in [5.41, 5.74) is 0. The van der Waals surface area contributed by atoms with Crippen LogP contribution in [0.2, 0.25) is 0 Å². The molecule has 5 heteroatoms. The maximum Gasteiger partial charge on any atom is 0.220 e. The van der Waals surface area contributed by atoms with Crippen LogP contribution in [0.3, 0.4) is 0 Å². The van der Waals surface area contributed by atoms with E-state index in [4.69, 9.17) is 0 Å². The predicted molar refractivity (Wildman–Crippen MR) is 222 cm³/mol. The lowest BCUT2D eigenvalue weighted by Gasteiger charge is -2.26. The highest BCUT2D eigenvalue weighted by atomic mass is 16.3. The first-order valence-corrected chi connectivity index (χ1v) is 22.6. The Labute approximate surface area is 318 Å². The summed E-state index contributed by atoms with van der Waals surface area (Å²) in [6.07, 6.45) is 50.1. The van der Waals surface area contributed by atoms with Gasteiger partial charge in [-0.05, 0) is 51.4 Å². The van der Waals surface area contributed by atoms with Gasteiger partial charge in [0.25, 0.3) is 0 Å². The number of aliphatic hydroxyl groups excluding tert-OH is 3. The molecule has 3 atom stereocenters. The van der Waals surface area contributed by atoms with Gasteiger partial charge in [-0.3, -0.25) is 4.79 Å². The van der Waals surface area contributed by atoms with Crippen molar-refractivity contribution in [2.45, 2.75) is 257 Å². The van der Waals surface area contributed by atoms with Gasteiger partial charge in [0.2, 0.25) is 5.91 Å². The van der Waals surface area contributed by atoms with Crippen molar-refractivity contribution >= 4 is 5.91 Å². The molecule has 0 saturated heterocycles. The van der Waals surface area contributed by atoms with E-state index in [1.54, 1.807) is 0 Å². The highest BCUT2D eigenvalue weighted by Gasteiger charge is 2.26. The van der Waals surface area contributed by atoms with Crippen LogP contribution in [-0.4, -0.2) is 46.1 Å². The van der Waals surface area contributed by atoms with Gasteiger partial charge in [-0.25, -0.2) is 0 Å². The molecule has 0 fully saturated rings. The Morgan fingerprint density at radius 3 is 1.20 bits per heavy atom. The van der Waals surface area contributed by atoms with Gasteiger partial charge in [0, 0.05) is 6.42 Å². The number of allylic oxidation sites excluding steroid dienone is 4. The van der Waals surface area contributed by atoms with E-state index < -0.39 is 18.2 Å². The van der Waals surface area contributed by atoms with Gasteiger partial charge in [0.1, 0.15) is 6.10 Å². The molecule has 0 saturated carbocycles. The molecule has 0 bridgehead atoms. The van der Waals surface area contributed by atoms with Crippen molar-refractivity contribution in [2.75, 3.05) is 6.61 Å². The lowest BCUT2D eigenvalue weighted by Crippen LogP contribution is -2.50. The van der Waals surface area contributed by atoms with Crippen LogP contribution >= 0.6 is 0 Å². The molecule has 0 aromatic carbocycles. The fraction of sp³-hybridized carbons (Fsp3) is 0.891. The van der Waals surface area contributed by atoms with Crippen molar-refractivity contribution in [3.8, 4) is 0 Å². The zero-order valence-corrected chi connectivity index (χ0v) is 34.2. The molecule has 0 rings (SSSR count). The number of carbonyl (C=O) groups excluding carboxylic acids is 1. The topological polar surface area (TPSA) is 89.8 Å². The molecule has 0 spiro atoms. The zero-order valence-electron chi connectivity index (χ0n) is 34.2. The van der Waals surface area contributed by atoms with E-state index in [1.807, 2.05) is 0 Å². The van der Waals surface area contributed by atoms with Crippen LogP contribution in [0.5, 0.6) is 0 Å². The quantitative estimate of drug-likeness (QED) is 0.0374. The molecule has 0 heterocycles. The molecule has 0 aromatic heterocycles. The van der Waals surface area contributed by atoms with E-state index in [0.717, 1.165) is 44.9 Å².